The van der Waals surface area contributed by atoms with E-state index in [0.29, 0.717) is 6.54 Å². The normalized spacial score (nSPS) is 12.6. The maximum atomic E-state index is 12.2. The number of aromatic nitrogens is 2. The van der Waals surface area contributed by atoms with Gasteiger partial charge in [-0.3, -0.25) is 4.79 Å². The monoisotopic (exact) mass is 320 g/mol. The van der Waals surface area contributed by atoms with Gasteiger partial charge in [-0.1, -0.05) is 48.9 Å². The fourth-order valence-corrected chi connectivity index (χ4v) is 2.47. The highest BCUT2D eigenvalue weighted by Crippen LogP contribution is 2.13. The van der Waals surface area contributed by atoms with Crippen molar-refractivity contribution in [3.63, 3.8) is 0 Å². The van der Waals surface area contributed by atoms with E-state index in [1.807, 2.05) is 66.9 Å². The summed E-state index contributed by atoms with van der Waals surface area (Å²) in [5.41, 5.74) is 6.71. The van der Waals surface area contributed by atoms with Gasteiger partial charge < -0.3 is 4.57 Å². The molecule has 1 N–H and O–H groups in total. The highest BCUT2D eigenvalue weighted by Gasteiger charge is 2.14. The predicted octanol–water partition coefficient (Wildman–Crippen LogP) is 3.13. The second kappa shape index (κ2) is 7.08. The zero-order chi connectivity index (χ0) is 16.9. The Hall–Kier alpha value is -2.95. The van der Waals surface area contributed by atoms with Crippen LogP contribution in [0, 0.1) is 12.8 Å². The van der Waals surface area contributed by atoms with E-state index in [0.717, 1.165) is 16.6 Å². The molecule has 0 unspecified atom stereocenters. The van der Waals surface area contributed by atoms with Crippen molar-refractivity contribution in [1.29, 1.82) is 0 Å². The molecule has 0 saturated carbocycles. The highest BCUT2D eigenvalue weighted by atomic mass is 16.2. The fourth-order valence-electron chi connectivity index (χ4n) is 2.47. The van der Waals surface area contributed by atoms with E-state index in [9.17, 15) is 4.79 Å². The van der Waals surface area contributed by atoms with Gasteiger partial charge >= 0.3 is 0 Å². The number of hydrazone groups is 1. The molecule has 0 spiro atoms. The second-order valence-corrected chi connectivity index (χ2v) is 5.93. The molecule has 0 radical (unpaired) electrons. The van der Waals surface area contributed by atoms with Gasteiger partial charge in [0.25, 0.3) is 0 Å². The van der Waals surface area contributed by atoms with Crippen LogP contribution in [0.25, 0.3) is 11.0 Å². The van der Waals surface area contributed by atoms with Crippen LogP contribution in [0.2, 0.25) is 0 Å². The molecule has 3 aromatic rings. The van der Waals surface area contributed by atoms with Crippen LogP contribution in [0.4, 0.5) is 0 Å². The molecule has 1 atom stereocenters. The summed E-state index contributed by atoms with van der Waals surface area (Å²) in [6.07, 6.45) is 3.42. The quantitative estimate of drug-likeness (QED) is 0.580. The number of para-hydroxylation sites is 2. The van der Waals surface area contributed by atoms with Crippen molar-refractivity contribution in [2.24, 2.45) is 11.0 Å². The molecule has 0 aliphatic carbocycles. The van der Waals surface area contributed by atoms with Gasteiger partial charge in [0, 0.05) is 6.54 Å². The Morgan fingerprint density at radius 3 is 2.79 bits per heavy atom. The lowest BCUT2D eigenvalue weighted by molar-refractivity contribution is -0.124. The summed E-state index contributed by atoms with van der Waals surface area (Å²) in [6, 6.07) is 15.8. The van der Waals surface area contributed by atoms with Crippen LogP contribution in [0.1, 0.15) is 18.1 Å². The first kappa shape index (κ1) is 15.9. The van der Waals surface area contributed by atoms with Gasteiger partial charge in [-0.2, -0.15) is 5.10 Å². The van der Waals surface area contributed by atoms with Crippen LogP contribution in [0.5, 0.6) is 0 Å². The summed E-state index contributed by atoms with van der Waals surface area (Å²) in [4.78, 5) is 16.5. The SMILES string of the molecule is Cc1ccc(/C=N\NC(=O)[C@H](C)Cn2cnc3ccccc32)cc1. The zero-order valence-corrected chi connectivity index (χ0v) is 13.8. The first-order valence-corrected chi connectivity index (χ1v) is 7.93. The number of aryl methyl sites for hydroxylation is 1. The number of hydrogen-bond donors (Lipinski definition) is 1. The highest BCUT2D eigenvalue weighted by molar-refractivity contribution is 5.83. The Labute approximate surface area is 141 Å². The third-order valence-electron chi connectivity index (χ3n) is 3.91. The van der Waals surface area contributed by atoms with Gasteiger partial charge in [0.2, 0.25) is 5.91 Å². The van der Waals surface area contributed by atoms with E-state index >= 15 is 0 Å². The molecule has 1 amide bonds. The number of nitrogens with zero attached hydrogens (tertiary/aromatic N) is 3. The molecule has 0 saturated heterocycles. The van der Waals surface area contributed by atoms with Crippen molar-refractivity contribution >= 4 is 23.2 Å². The van der Waals surface area contributed by atoms with Gasteiger partial charge in [0.15, 0.2) is 0 Å². The van der Waals surface area contributed by atoms with Gasteiger partial charge in [0.1, 0.15) is 0 Å². The average molecular weight is 320 g/mol. The van der Waals surface area contributed by atoms with Crippen LogP contribution in [0.15, 0.2) is 60.0 Å². The van der Waals surface area contributed by atoms with Crippen molar-refractivity contribution in [2.45, 2.75) is 20.4 Å². The van der Waals surface area contributed by atoms with Crippen LogP contribution in [0.3, 0.4) is 0 Å². The number of benzene rings is 2. The second-order valence-electron chi connectivity index (χ2n) is 5.93. The topological polar surface area (TPSA) is 59.3 Å². The minimum Gasteiger partial charge on any atom is -0.330 e. The molecular formula is C19H20N4O. The van der Waals surface area contributed by atoms with E-state index in [2.05, 4.69) is 15.5 Å². The number of nitrogens with one attached hydrogen (secondary N) is 1. The van der Waals surface area contributed by atoms with Gasteiger partial charge in [-0.15, -0.1) is 0 Å². The van der Waals surface area contributed by atoms with E-state index in [4.69, 9.17) is 0 Å². The van der Waals surface area contributed by atoms with Crippen molar-refractivity contribution in [2.75, 3.05) is 0 Å². The minimum atomic E-state index is -0.210. The molecule has 0 aliphatic rings. The molecule has 3 rings (SSSR count). The number of amides is 1. The largest absolute Gasteiger partial charge is 0.330 e. The molecule has 0 fully saturated rings. The molecule has 2 aromatic carbocycles. The summed E-state index contributed by atoms with van der Waals surface area (Å²) in [7, 11) is 0. The van der Waals surface area contributed by atoms with Gasteiger partial charge in [0.05, 0.1) is 29.5 Å². The molecule has 5 nitrogen and oxygen atoms in total. The Morgan fingerprint density at radius 2 is 2.00 bits per heavy atom. The number of carbonyl (C=O) groups excluding carboxylic acids is 1. The Morgan fingerprint density at radius 1 is 1.25 bits per heavy atom. The summed E-state index contributed by atoms with van der Waals surface area (Å²) >= 11 is 0. The molecular weight excluding hydrogens is 300 g/mol. The standard InChI is InChI=1S/C19H20N4O/c1-14-7-9-16(10-8-14)11-21-22-19(24)15(2)12-23-13-20-17-5-3-4-6-18(17)23/h3-11,13,15H,12H2,1-2H3,(H,22,24)/b21-11-/t15-/m1/s1. The average Bonchev–Trinajstić information content (AvgIpc) is 3.00. The van der Waals surface area contributed by atoms with E-state index in [1.54, 1.807) is 12.5 Å². The Bertz CT molecular complexity index is 864. The molecule has 122 valence electrons. The van der Waals surface area contributed by atoms with E-state index in [-0.39, 0.29) is 11.8 Å². The van der Waals surface area contributed by atoms with Crippen LogP contribution in [-0.4, -0.2) is 21.7 Å². The third kappa shape index (κ3) is 3.68. The minimum absolute atomic E-state index is 0.115. The fraction of sp³-hybridized carbons (Fsp3) is 0.211. The Balaban J connectivity index is 1.59. The first-order chi connectivity index (χ1) is 11.6. The summed E-state index contributed by atoms with van der Waals surface area (Å²) in [5.74, 6) is -0.325. The number of carbonyl (C=O) groups is 1. The maximum absolute atomic E-state index is 12.2. The lowest BCUT2D eigenvalue weighted by Gasteiger charge is -2.11. The molecule has 0 bridgehead atoms. The van der Waals surface area contributed by atoms with E-state index < -0.39 is 0 Å². The smallest absolute Gasteiger partial charge is 0.244 e. The number of hydrogen-bond acceptors (Lipinski definition) is 3. The lowest BCUT2D eigenvalue weighted by atomic mass is 10.1. The van der Waals surface area contributed by atoms with E-state index in [1.165, 1.54) is 5.56 Å². The van der Waals surface area contributed by atoms with Crippen molar-refractivity contribution < 1.29 is 4.79 Å². The zero-order valence-electron chi connectivity index (χ0n) is 13.8. The Kier molecular flexibility index (Phi) is 4.70. The number of fused-ring (bicyclic) bond motifs is 1. The summed E-state index contributed by atoms with van der Waals surface area (Å²) < 4.78 is 1.99. The third-order valence-corrected chi connectivity index (χ3v) is 3.91. The van der Waals surface area contributed by atoms with Gasteiger partial charge in [-0.25, -0.2) is 10.4 Å². The molecule has 1 aromatic heterocycles. The maximum Gasteiger partial charge on any atom is 0.244 e. The van der Waals surface area contributed by atoms with Crippen molar-refractivity contribution in [3.8, 4) is 0 Å². The molecule has 0 aliphatic heterocycles. The van der Waals surface area contributed by atoms with Crippen molar-refractivity contribution in [1.82, 2.24) is 15.0 Å². The van der Waals surface area contributed by atoms with Crippen LogP contribution in [-0.2, 0) is 11.3 Å². The lowest BCUT2D eigenvalue weighted by Crippen LogP contribution is -2.27. The summed E-state index contributed by atoms with van der Waals surface area (Å²) in [6.45, 7) is 4.47. The molecule has 1 heterocycles. The predicted molar refractivity (Wildman–Crippen MR) is 95.8 cm³/mol. The van der Waals surface area contributed by atoms with Crippen molar-refractivity contribution in [3.05, 3.63) is 66.0 Å². The number of imidazole rings is 1. The van der Waals surface area contributed by atoms with Gasteiger partial charge in [-0.05, 0) is 24.6 Å². The van der Waals surface area contributed by atoms with Crippen LogP contribution >= 0.6 is 0 Å². The summed E-state index contributed by atoms with van der Waals surface area (Å²) in [5, 5.41) is 4.03. The van der Waals surface area contributed by atoms with Crippen LogP contribution < -0.4 is 5.43 Å². The first-order valence-electron chi connectivity index (χ1n) is 7.93. The molecule has 24 heavy (non-hydrogen) atoms. The number of rotatable bonds is 5. The molecule has 5 heteroatoms.